The second-order valence-electron chi connectivity index (χ2n) is 3.74. The highest BCUT2D eigenvalue weighted by Gasteiger charge is 2.25. The first-order chi connectivity index (χ1) is 8.27. The first kappa shape index (κ1) is 14.9. The highest BCUT2D eigenvalue weighted by atomic mass is 32.2. The molecule has 0 spiro atoms. The summed E-state index contributed by atoms with van der Waals surface area (Å²) in [6.45, 7) is 1.63. The lowest BCUT2D eigenvalue weighted by Gasteiger charge is -2.12. The van der Waals surface area contributed by atoms with E-state index < -0.39 is 32.4 Å². The Balaban J connectivity index is 3.06. The van der Waals surface area contributed by atoms with E-state index in [0.29, 0.717) is 12.1 Å². The van der Waals surface area contributed by atoms with Gasteiger partial charge in [-0.2, -0.15) is 0 Å². The topological polar surface area (TPSA) is 58.2 Å². The van der Waals surface area contributed by atoms with E-state index >= 15 is 0 Å². The van der Waals surface area contributed by atoms with Crippen LogP contribution in [0.1, 0.15) is 6.92 Å². The molecule has 0 saturated carbocycles. The van der Waals surface area contributed by atoms with Gasteiger partial charge < -0.3 is 5.32 Å². The molecule has 0 aliphatic carbocycles. The summed E-state index contributed by atoms with van der Waals surface area (Å²) in [5, 5.41) is 2.75. The molecule has 2 N–H and O–H groups in total. The molecule has 1 aromatic carbocycles. The predicted molar refractivity (Wildman–Crippen MR) is 60.0 cm³/mol. The molecule has 0 aliphatic heterocycles. The largest absolute Gasteiger partial charge is 0.316 e. The Kier molecular flexibility index (Phi) is 4.71. The number of halogens is 3. The Labute approximate surface area is 103 Å². The van der Waals surface area contributed by atoms with Crippen molar-refractivity contribution in [2.45, 2.75) is 17.9 Å². The first-order valence-electron chi connectivity index (χ1n) is 5.09. The van der Waals surface area contributed by atoms with Crippen molar-refractivity contribution in [3.8, 4) is 0 Å². The molecule has 1 unspecified atom stereocenters. The highest BCUT2D eigenvalue weighted by Crippen LogP contribution is 2.19. The fourth-order valence-electron chi connectivity index (χ4n) is 1.19. The molecule has 0 aromatic heterocycles. The van der Waals surface area contributed by atoms with Crippen LogP contribution in [0.2, 0.25) is 0 Å². The molecule has 1 aromatic rings. The molecule has 0 saturated heterocycles. The van der Waals surface area contributed by atoms with Gasteiger partial charge in [0, 0.05) is 24.7 Å². The van der Waals surface area contributed by atoms with Gasteiger partial charge in [0.15, 0.2) is 4.90 Å². The summed E-state index contributed by atoms with van der Waals surface area (Å²) in [5.74, 6) is -4.10. The Morgan fingerprint density at radius 1 is 1.22 bits per heavy atom. The molecule has 1 rings (SSSR count). The van der Waals surface area contributed by atoms with Gasteiger partial charge >= 0.3 is 0 Å². The Bertz CT molecular complexity index is 511. The molecule has 102 valence electrons. The predicted octanol–water partition coefficient (Wildman–Crippen LogP) is 0.990. The van der Waals surface area contributed by atoms with Crippen molar-refractivity contribution in [2.24, 2.45) is 0 Å². The van der Waals surface area contributed by atoms with Crippen molar-refractivity contribution in [2.75, 3.05) is 13.6 Å². The summed E-state index contributed by atoms with van der Waals surface area (Å²) in [6, 6.07) is 0.421. The monoisotopic (exact) mass is 282 g/mol. The van der Waals surface area contributed by atoms with Crippen LogP contribution in [0.5, 0.6) is 0 Å². The summed E-state index contributed by atoms with van der Waals surface area (Å²) < 4.78 is 64.6. The maximum atomic E-state index is 13.3. The third kappa shape index (κ3) is 3.44. The quantitative estimate of drug-likeness (QED) is 0.847. The van der Waals surface area contributed by atoms with Crippen molar-refractivity contribution in [1.29, 1.82) is 0 Å². The second-order valence-corrected chi connectivity index (χ2v) is 5.44. The molecule has 18 heavy (non-hydrogen) atoms. The number of likely N-dealkylation sites (N-methyl/N-ethyl adjacent to an activating group) is 1. The van der Waals surface area contributed by atoms with Crippen LogP contribution in [0.4, 0.5) is 13.2 Å². The molecule has 4 nitrogen and oxygen atoms in total. The average molecular weight is 282 g/mol. The lowest BCUT2D eigenvalue weighted by molar-refractivity contribution is 0.491. The third-order valence-electron chi connectivity index (χ3n) is 2.30. The lowest BCUT2D eigenvalue weighted by Crippen LogP contribution is -2.37. The number of hydrogen-bond acceptors (Lipinski definition) is 3. The zero-order valence-corrected chi connectivity index (χ0v) is 10.6. The van der Waals surface area contributed by atoms with Gasteiger partial charge in [-0.3, -0.25) is 0 Å². The fourth-order valence-corrected chi connectivity index (χ4v) is 2.44. The van der Waals surface area contributed by atoms with Crippen molar-refractivity contribution in [3.05, 3.63) is 29.6 Å². The normalized spacial score (nSPS) is 13.6. The van der Waals surface area contributed by atoms with Gasteiger partial charge in [0.2, 0.25) is 10.0 Å². The van der Waals surface area contributed by atoms with E-state index in [4.69, 9.17) is 0 Å². The maximum absolute atomic E-state index is 13.3. The molecule has 0 heterocycles. The van der Waals surface area contributed by atoms with Gasteiger partial charge in [-0.1, -0.05) is 0 Å². The minimum atomic E-state index is -4.35. The standard InChI is InChI=1S/C10H13F3N2O2S/c1-6(14-2)5-15-18(16,17)10-8(12)3-7(11)4-9(10)13/h3-4,6,14-15H,5H2,1-2H3. The van der Waals surface area contributed by atoms with Gasteiger partial charge in [-0.15, -0.1) is 0 Å². The number of rotatable bonds is 5. The molecule has 0 radical (unpaired) electrons. The summed E-state index contributed by atoms with van der Waals surface area (Å²) in [6.07, 6.45) is 0. The second kappa shape index (κ2) is 5.68. The fraction of sp³-hybridized carbons (Fsp3) is 0.400. The Morgan fingerprint density at radius 3 is 2.17 bits per heavy atom. The molecular formula is C10H13F3N2O2S. The van der Waals surface area contributed by atoms with Crippen LogP contribution in [0.3, 0.4) is 0 Å². The van der Waals surface area contributed by atoms with Crippen molar-refractivity contribution >= 4 is 10.0 Å². The third-order valence-corrected chi connectivity index (χ3v) is 3.78. The van der Waals surface area contributed by atoms with Gasteiger partial charge in [-0.25, -0.2) is 26.3 Å². The zero-order valence-electron chi connectivity index (χ0n) is 9.80. The number of benzene rings is 1. The summed E-state index contributed by atoms with van der Waals surface area (Å²) in [4.78, 5) is -1.17. The van der Waals surface area contributed by atoms with Crippen LogP contribution >= 0.6 is 0 Å². The van der Waals surface area contributed by atoms with Crippen LogP contribution in [-0.2, 0) is 10.0 Å². The van der Waals surface area contributed by atoms with Gasteiger partial charge in [0.05, 0.1) is 0 Å². The van der Waals surface area contributed by atoms with Crippen LogP contribution in [0.15, 0.2) is 17.0 Å². The van der Waals surface area contributed by atoms with E-state index in [1.54, 1.807) is 14.0 Å². The molecule has 0 amide bonds. The van der Waals surface area contributed by atoms with Crippen molar-refractivity contribution in [3.63, 3.8) is 0 Å². The number of hydrogen-bond donors (Lipinski definition) is 2. The lowest BCUT2D eigenvalue weighted by atomic mass is 10.3. The van der Waals surface area contributed by atoms with E-state index in [0.717, 1.165) is 0 Å². The first-order valence-corrected chi connectivity index (χ1v) is 6.57. The van der Waals surface area contributed by atoms with Gasteiger partial charge in [0.25, 0.3) is 0 Å². The average Bonchev–Trinajstić information content (AvgIpc) is 2.24. The van der Waals surface area contributed by atoms with Gasteiger partial charge in [-0.05, 0) is 14.0 Å². The molecule has 1 atom stereocenters. The van der Waals surface area contributed by atoms with Crippen LogP contribution < -0.4 is 10.0 Å². The van der Waals surface area contributed by atoms with Crippen LogP contribution in [-0.4, -0.2) is 28.1 Å². The number of sulfonamides is 1. The number of nitrogens with one attached hydrogen (secondary N) is 2. The molecular weight excluding hydrogens is 269 g/mol. The van der Waals surface area contributed by atoms with Crippen molar-refractivity contribution in [1.82, 2.24) is 10.0 Å². The van der Waals surface area contributed by atoms with Crippen LogP contribution in [0.25, 0.3) is 0 Å². The van der Waals surface area contributed by atoms with Gasteiger partial charge in [0.1, 0.15) is 17.5 Å². The highest BCUT2D eigenvalue weighted by molar-refractivity contribution is 7.89. The zero-order chi connectivity index (χ0) is 13.9. The van der Waals surface area contributed by atoms with Crippen LogP contribution in [0, 0.1) is 17.5 Å². The van der Waals surface area contributed by atoms with E-state index in [9.17, 15) is 21.6 Å². The molecule has 8 heteroatoms. The van der Waals surface area contributed by atoms with Crippen molar-refractivity contribution < 1.29 is 21.6 Å². The summed E-state index contributed by atoms with van der Waals surface area (Å²) >= 11 is 0. The molecule has 0 fully saturated rings. The minimum Gasteiger partial charge on any atom is -0.316 e. The Hall–Kier alpha value is -1.12. The van der Waals surface area contributed by atoms with E-state index in [2.05, 4.69) is 5.32 Å². The van der Waals surface area contributed by atoms with E-state index in [1.165, 1.54) is 0 Å². The smallest absolute Gasteiger partial charge is 0.246 e. The molecule has 0 aliphatic rings. The maximum Gasteiger partial charge on any atom is 0.246 e. The summed E-state index contributed by atoms with van der Waals surface area (Å²) in [5.41, 5.74) is 0. The molecule has 0 bridgehead atoms. The Morgan fingerprint density at radius 2 is 1.72 bits per heavy atom. The van der Waals surface area contributed by atoms with E-state index in [-0.39, 0.29) is 12.6 Å². The SMILES string of the molecule is CNC(C)CNS(=O)(=O)c1c(F)cc(F)cc1F. The van der Waals surface area contributed by atoms with E-state index in [1.807, 2.05) is 4.72 Å². The summed E-state index contributed by atoms with van der Waals surface area (Å²) in [7, 11) is -2.74. The minimum absolute atomic E-state index is 0.0465.